The van der Waals surface area contributed by atoms with Gasteiger partial charge in [-0.05, 0) is 48.7 Å². The van der Waals surface area contributed by atoms with Crippen molar-refractivity contribution in [3.05, 3.63) is 59.7 Å². The van der Waals surface area contributed by atoms with E-state index in [-0.39, 0.29) is 16.4 Å². The topological polar surface area (TPSA) is 104 Å². The summed E-state index contributed by atoms with van der Waals surface area (Å²) in [5.41, 5.74) is 2.00. The van der Waals surface area contributed by atoms with Crippen LogP contribution >= 0.6 is 0 Å². The van der Waals surface area contributed by atoms with Crippen molar-refractivity contribution in [2.24, 2.45) is 0 Å². The third kappa shape index (κ3) is 4.53. The molecule has 0 radical (unpaired) electrons. The second kappa shape index (κ2) is 7.89. The molecule has 3 rings (SSSR count). The minimum absolute atomic E-state index is 0.0591. The molecule has 1 atom stereocenters. The van der Waals surface area contributed by atoms with Crippen molar-refractivity contribution in [2.75, 3.05) is 11.9 Å². The van der Waals surface area contributed by atoms with Crippen LogP contribution in [0.1, 0.15) is 29.3 Å². The summed E-state index contributed by atoms with van der Waals surface area (Å²) in [6.45, 7) is 2.48. The summed E-state index contributed by atoms with van der Waals surface area (Å²) in [6.07, 6.45) is 1.30. The number of carbonyl (C=O) groups excluding carboxylic acids is 2. The van der Waals surface area contributed by atoms with Crippen molar-refractivity contribution in [3.63, 3.8) is 0 Å². The van der Waals surface area contributed by atoms with E-state index in [2.05, 4.69) is 15.4 Å². The summed E-state index contributed by atoms with van der Waals surface area (Å²) in [6, 6.07) is 12.4. The molecule has 0 aromatic heterocycles. The Bertz CT molecular complexity index is 955. The Labute approximate surface area is 158 Å². The largest absolute Gasteiger partial charge is 0.355 e. The van der Waals surface area contributed by atoms with Gasteiger partial charge >= 0.3 is 0 Å². The lowest BCUT2D eigenvalue weighted by Crippen LogP contribution is -2.40. The molecule has 0 saturated carbocycles. The van der Waals surface area contributed by atoms with E-state index in [1.54, 1.807) is 12.1 Å². The average Bonchev–Trinajstić information content (AvgIpc) is 3.06. The zero-order valence-electron chi connectivity index (χ0n) is 14.9. The number of hydrogen-bond acceptors (Lipinski definition) is 4. The van der Waals surface area contributed by atoms with Gasteiger partial charge in [-0.1, -0.05) is 25.1 Å². The highest BCUT2D eigenvalue weighted by molar-refractivity contribution is 7.89. The van der Waals surface area contributed by atoms with Gasteiger partial charge in [0.05, 0.1) is 4.90 Å². The third-order valence-electron chi connectivity index (χ3n) is 4.37. The minimum atomic E-state index is -3.91. The molecular weight excluding hydrogens is 366 g/mol. The Hall–Kier alpha value is -2.71. The number of carbonyl (C=O) groups is 2. The normalized spacial score (nSPS) is 16.8. The summed E-state index contributed by atoms with van der Waals surface area (Å²) in [7, 11) is -3.91. The first-order valence-electron chi connectivity index (χ1n) is 8.69. The molecule has 8 heteroatoms. The fourth-order valence-electron chi connectivity index (χ4n) is 2.79. The van der Waals surface area contributed by atoms with Gasteiger partial charge in [-0.25, -0.2) is 8.42 Å². The zero-order chi connectivity index (χ0) is 19.4. The highest BCUT2D eigenvalue weighted by Crippen LogP contribution is 2.16. The van der Waals surface area contributed by atoms with Crippen LogP contribution in [0.3, 0.4) is 0 Å². The average molecular weight is 387 g/mol. The molecule has 0 aliphatic carbocycles. The van der Waals surface area contributed by atoms with Crippen molar-refractivity contribution in [3.8, 4) is 0 Å². The van der Waals surface area contributed by atoms with Crippen molar-refractivity contribution >= 4 is 27.5 Å². The monoisotopic (exact) mass is 387 g/mol. The molecule has 7 nitrogen and oxygen atoms in total. The Balaban J connectivity index is 1.75. The first kappa shape index (κ1) is 19.1. The van der Waals surface area contributed by atoms with E-state index in [1.165, 1.54) is 24.3 Å². The van der Waals surface area contributed by atoms with E-state index in [4.69, 9.17) is 0 Å². The molecule has 1 fully saturated rings. The second-order valence-corrected chi connectivity index (χ2v) is 8.00. The van der Waals surface area contributed by atoms with Gasteiger partial charge in [0.2, 0.25) is 15.9 Å². The predicted molar refractivity (Wildman–Crippen MR) is 102 cm³/mol. The molecule has 3 N–H and O–H groups in total. The van der Waals surface area contributed by atoms with E-state index >= 15 is 0 Å². The lowest BCUT2D eigenvalue weighted by Gasteiger charge is -2.12. The Morgan fingerprint density at radius 2 is 1.93 bits per heavy atom. The SMILES string of the molecule is CCc1ccc(NC(=O)c2cccc(S(=O)(=O)N[C@@H]3CCNC3=O)c2)cc1. The van der Waals surface area contributed by atoms with E-state index in [9.17, 15) is 18.0 Å². The van der Waals surface area contributed by atoms with Gasteiger partial charge < -0.3 is 10.6 Å². The van der Waals surface area contributed by atoms with E-state index in [1.807, 2.05) is 19.1 Å². The van der Waals surface area contributed by atoms with Crippen LogP contribution in [0.4, 0.5) is 5.69 Å². The van der Waals surface area contributed by atoms with Crippen LogP contribution in [0, 0.1) is 0 Å². The number of aryl methyl sites for hydroxylation is 1. The lowest BCUT2D eigenvalue weighted by atomic mass is 10.1. The molecule has 1 saturated heterocycles. The lowest BCUT2D eigenvalue weighted by molar-refractivity contribution is -0.120. The maximum Gasteiger partial charge on any atom is 0.255 e. The van der Waals surface area contributed by atoms with Crippen LogP contribution in [0.15, 0.2) is 53.4 Å². The van der Waals surface area contributed by atoms with Crippen LogP contribution in [0.2, 0.25) is 0 Å². The maximum atomic E-state index is 12.5. The highest BCUT2D eigenvalue weighted by Gasteiger charge is 2.29. The van der Waals surface area contributed by atoms with E-state index < -0.39 is 22.0 Å². The van der Waals surface area contributed by atoms with Crippen LogP contribution in [-0.4, -0.2) is 32.8 Å². The molecule has 1 aliphatic rings. The number of amides is 2. The third-order valence-corrected chi connectivity index (χ3v) is 5.84. The first-order valence-corrected chi connectivity index (χ1v) is 10.2. The van der Waals surface area contributed by atoms with Gasteiger partial charge in [0.25, 0.3) is 5.91 Å². The van der Waals surface area contributed by atoms with Crippen LogP contribution in [0.5, 0.6) is 0 Å². The minimum Gasteiger partial charge on any atom is -0.355 e. The summed E-state index contributed by atoms with van der Waals surface area (Å²) < 4.78 is 27.4. The number of sulfonamides is 1. The maximum absolute atomic E-state index is 12.5. The fraction of sp³-hybridized carbons (Fsp3) is 0.263. The van der Waals surface area contributed by atoms with Crippen molar-refractivity contribution < 1.29 is 18.0 Å². The standard InChI is InChI=1S/C19H21N3O4S/c1-2-13-6-8-15(9-7-13)21-18(23)14-4-3-5-16(12-14)27(25,26)22-17-10-11-20-19(17)24/h3-9,12,17,22H,2,10-11H2,1H3,(H,20,24)(H,21,23)/t17-/m1/s1. The summed E-state index contributed by atoms with van der Waals surface area (Å²) >= 11 is 0. The second-order valence-electron chi connectivity index (χ2n) is 6.29. The van der Waals surface area contributed by atoms with Crippen LogP contribution in [-0.2, 0) is 21.2 Å². The smallest absolute Gasteiger partial charge is 0.255 e. The number of nitrogens with one attached hydrogen (secondary N) is 3. The zero-order valence-corrected chi connectivity index (χ0v) is 15.7. The first-order chi connectivity index (χ1) is 12.9. The molecule has 0 spiro atoms. The Morgan fingerprint density at radius 1 is 1.19 bits per heavy atom. The predicted octanol–water partition coefficient (Wildman–Crippen LogP) is 1.67. The van der Waals surface area contributed by atoms with Crippen LogP contribution in [0.25, 0.3) is 0 Å². The van der Waals surface area contributed by atoms with Gasteiger partial charge in [0.1, 0.15) is 6.04 Å². The summed E-state index contributed by atoms with van der Waals surface area (Å²) in [5, 5.41) is 5.33. The number of hydrogen-bond donors (Lipinski definition) is 3. The molecular formula is C19H21N3O4S. The molecule has 0 unspecified atom stereocenters. The van der Waals surface area contributed by atoms with Gasteiger partial charge in [-0.3, -0.25) is 9.59 Å². The molecule has 27 heavy (non-hydrogen) atoms. The van der Waals surface area contributed by atoms with Gasteiger partial charge in [0, 0.05) is 17.8 Å². The fourth-order valence-corrected chi connectivity index (χ4v) is 4.07. The highest BCUT2D eigenvalue weighted by atomic mass is 32.2. The van der Waals surface area contributed by atoms with E-state index in [0.717, 1.165) is 12.0 Å². The van der Waals surface area contributed by atoms with Gasteiger partial charge in [0.15, 0.2) is 0 Å². The molecule has 1 heterocycles. The molecule has 1 aliphatic heterocycles. The van der Waals surface area contributed by atoms with Crippen molar-refractivity contribution in [1.82, 2.24) is 10.0 Å². The molecule has 142 valence electrons. The van der Waals surface area contributed by atoms with Crippen LogP contribution < -0.4 is 15.4 Å². The number of benzene rings is 2. The molecule has 2 amide bonds. The molecule has 0 bridgehead atoms. The quantitative estimate of drug-likeness (QED) is 0.701. The summed E-state index contributed by atoms with van der Waals surface area (Å²) in [4.78, 5) is 24.0. The Kier molecular flexibility index (Phi) is 5.57. The van der Waals surface area contributed by atoms with Gasteiger partial charge in [-0.2, -0.15) is 4.72 Å². The Morgan fingerprint density at radius 3 is 2.56 bits per heavy atom. The van der Waals surface area contributed by atoms with Crippen molar-refractivity contribution in [1.29, 1.82) is 0 Å². The molecule has 2 aromatic carbocycles. The van der Waals surface area contributed by atoms with Gasteiger partial charge in [-0.15, -0.1) is 0 Å². The number of anilines is 1. The summed E-state index contributed by atoms with van der Waals surface area (Å²) in [5.74, 6) is -0.752. The van der Waals surface area contributed by atoms with Crippen molar-refractivity contribution in [2.45, 2.75) is 30.7 Å². The number of rotatable bonds is 6. The van der Waals surface area contributed by atoms with E-state index in [0.29, 0.717) is 18.7 Å². The molecule has 2 aromatic rings.